The van der Waals surface area contributed by atoms with Crippen LogP contribution < -0.4 is 0 Å². The van der Waals surface area contributed by atoms with Crippen molar-refractivity contribution in [1.29, 1.82) is 0 Å². The number of carbonyl (C=O) groups excluding carboxylic acids is 1. The van der Waals surface area contributed by atoms with Crippen LogP contribution in [0.5, 0.6) is 0 Å². The highest BCUT2D eigenvalue weighted by molar-refractivity contribution is 5.94. The second kappa shape index (κ2) is 6.96. The van der Waals surface area contributed by atoms with Gasteiger partial charge in [-0.25, -0.2) is 4.98 Å². The standard InChI is InChI=1S/C18H25N3O2/c1-18(2,3)15-7-5-14(6-8-15)17(23)21(9-10-22)12-16-11-19-13-20(16)4/h5-8,11,13,22H,9-10,12H2,1-4H3. The minimum atomic E-state index is -0.0827. The van der Waals surface area contributed by atoms with E-state index in [1.807, 2.05) is 35.9 Å². The molecule has 5 heteroatoms. The molecule has 2 rings (SSSR count). The lowest BCUT2D eigenvalue weighted by Crippen LogP contribution is -2.33. The zero-order chi connectivity index (χ0) is 17.0. The molecule has 1 amide bonds. The molecular formula is C18H25N3O2. The number of aromatic nitrogens is 2. The number of hydrogen-bond donors (Lipinski definition) is 1. The minimum absolute atomic E-state index is 0.0566. The molecule has 0 radical (unpaired) electrons. The lowest BCUT2D eigenvalue weighted by molar-refractivity contribution is 0.0704. The molecule has 1 heterocycles. The van der Waals surface area contributed by atoms with Gasteiger partial charge in [0, 0.05) is 25.4 Å². The third kappa shape index (κ3) is 4.20. The molecular weight excluding hydrogens is 290 g/mol. The van der Waals surface area contributed by atoms with Crippen molar-refractivity contribution in [2.75, 3.05) is 13.2 Å². The molecule has 0 bridgehead atoms. The van der Waals surface area contributed by atoms with Gasteiger partial charge in [0.15, 0.2) is 0 Å². The van der Waals surface area contributed by atoms with Gasteiger partial charge < -0.3 is 14.6 Å². The van der Waals surface area contributed by atoms with E-state index in [0.29, 0.717) is 18.7 Å². The van der Waals surface area contributed by atoms with E-state index >= 15 is 0 Å². The van der Waals surface area contributed by atoms with Gasteiger partial charge in [-0.1, -0.05) is 32.9 Å². The second-order valence-corrected chi connectivity index (χ2v) is 6.77. The summed E-state index contributed by atoms with van der Waals surface area (Å²) in [7, 11) is 1.89. The summed E-state index contributed by atoms with van der Waals surface area (Å²) in [6, 6.07) is 7.70. The summed E-state index contributed by atoms with van der Waals surface area (Å²) < 4.78 is 1.88. The average molecular weight is 315 g/mol. The summed E-state index contributed by atoms with van der Waals surface area (Å²) in [6.07, 6.45) is 3.44. The van der Waals surface area contributed by atoms with Crippen molar-refractivity contribution in [3.8, 4) is 0 Å². The number of carbonyl (C=O) groups is 1. The van der Waals surface area contributed by atoms with Crippen LogP contribution in [0.4, 0.5) is 0 Å². The van der Waals surface area contributed by atoms with E-state index in [0.717, 1.165) is 5.69 Å². The van der Waals surface area contributed by atoms with Gasteiger partial charge in [0.2, 0.25) is 0 Å². The molecule has 0 aliphatic rings. The summed E-state index contributed by atoms with van der Waals surface area (Å²) in [6.45, 7) is 7.09. The number of amides is 1. The number of aliphatic hydroxyl groups excluding tert-OH is 1. The van der Waals surface area contributed by atoms with E-state index in [9.17, 15) is 9.90 Å². The average Bonchev–Trinajstić information content (AvgIpc) is 2.90. The fourth-order valence-electron chi connectivity index (χ4n) is 2.40. The van der Waals surface area contributed by atoms with Gasteiger partial charge in [0.25, 0.3) is 5.91 Å². The maximum absolute atomic E-state index is 12.7. The summed E-state index contributed by atoms with van der Waals surface area (Å²) in [5, 5.41) is 9.26. The van der Waals surface area contributed by atoms with Crippen LogP contribution in [-0.4, -0.2) is 38.6 Å². The number of rotatable bonds is 5. The molecule has 1 N–H and O–H groups in total. The molecule has 0 spiro atoms. The van der Waals surface area contributed by atoms with Crippen LogP contribution in [0.1, 0.15) is 42.4 Å². The molecule has 124 valence electrons. The Morgan fingerprint density at radius 3 is 2.39 bits per heavy atom. The zero-order valence-electron chi connectivity index (χ0n) is 14.3. The van der Waals surface area contributed by atoms with E-state index in [1.165, 1.54) is 5.56 Å². The van der Waals surface area contributed by atoms with E-state index in [-0.39, 0.29) is 17.9 Å². The Morgan fingerprint density at radius 1 is 1.26 bits per heavy atom. The van der Waals surface area contributed by atoms with Crippen LogP contribution in [0, 0.1) is 0 Å². The molecule has 2 aromatic rings. The van der Waals surface area contributed by atoms with E-state index in [4.69, 9.17) is 0 Å². The maximum Gasteiger partial charge on any atom is 0.254 e. The molecule has 23 heavy (non-hydrogen) atoms. The number of hydrogen-bond acceptors (Lipinski definition) is 3. The summed E-state index contributed by atoms with van der Waals surface area (Å²) >= 11 is 0. The summed E-state index contributed by atoms with van der Waals surface area (Å²) in [4.78, 5) is 18.4. The fourth-order valence-corrected chi connectivity index (χ4v) is 2.40. The topological polar surface area (TPSA) is 58.4 Å². The molecule has 0 fully saturated rings. The van der Waals surface area contributed by atoms with E-state index in [1.54, 1.807) is 17.4 Å². The van der Waals surface area contributed by atoms with Crippen LogP contribution >= 0.6 is 0 Å². The third-order valence-corrected chi connectivity index (χ3v) is 3.92. The monoisotopic (exact) mass is 315 g/mol. The lowest BCUT2D eigenvalue weighted by Gasteiger charge is -2.23. The molecule has 0 aliphatic carbocycles. The number of aliphatic hydroxyl groups is 1. The van der Waals surface area contributed by atoms with Crippen molar-refractivity contribution in [1.82, 2.24) is 14.5 Å². The zero-order valence-corrected chi connectivity index (χ0v) is 14.3. The highest BCUT2D eigenvalue weighted by atomic mass is 16.3. The van der Waals surface area contributed by atoms with Crippen LogP contribution in [0.15, 0.2) is 36.8 Å². The highest BCUT2D eigenvalue weighted by Gasteiger charge is 2.19. The van der Waals surface area contributed by atoms with E-state index in [2.05, 4.69) is 25.8 Å². The highest BCUT2D eigenvalue weighted by Crippen LogP contribution is 2.22. The maximum atomic E-state index is 12.7. The summed E-state index contributed by atoms with van der Waals surface area (Å²) in [5.74, 6) is -0.0827. The van der Waals surface area contributed by atoms with Crippen LogP contribution in [-0.2, 0) is 19.0 Å². The Labute approximate surface area is 137 Å². The Bertz CT molecular complexity index is 654. The predicted octanol–water partition coefficient (Wildman–Crippen LogP) is 2.35. The van der Waals surface area contributed by atoms with Gasteiger partial charge in [-0.2, -0.15) is 0 Å². The SMILES string of the molecule is Cn1cncc1CN(CCO)C(=O)c1ccc(C(C)(C)C)cc1. The molecule has 5 nitrogen and oxygen atoms in total. The molecule has 1 aromatic heterocycles. The lowest BCUT2D eigenvalue weighted by atomic mass is 9.86. The first kappa shape index (κ1) is 17.2. The quantitative estimate of drug-likeness (QED) is 0.921. The second-order valence-electron chi connectivity index (χ2n) is 6.77. The van der Waals surface area contributed by atoms with Gasteiger partial charge in [0.1, 0.15) is 0 Å². The van der Waals surface area contributed by atoms with Gasteiger partial charge in [-0.05, 0) is 23.1 Å². The number of nitrogens with zero attached hydrogens (tertiary/aromatic N) is 3. The largest absolute Gasteiger partial charge is 0.395 e. The Morgan fingerprint density at radius 2 is 1.91 bits per heavy atom. The van der Waals surface area contributed by atoms with Crippen molar-refractivity contribution < 1.29 is 9.90 Å². The van der Waals surface area contributed by atoms with Crippen LogP contribution in [0.2, 0.25) is 0 Å². The van der Waals surface area contributed by atoms with Crippen molar-refractivity contribution >= 4 is 5.91 Å². The van der Waals surface area contributed by atoms with Crippen molar-refractivity contribution in [3.63, 3.8) is 0 Å². The molecule has 0 aliphatic heterocycles. The Kier molecular flexibility index (Phi) is 5.21. The summed E-state index contributed by atoms with van der Waals surface area (Å²) in [5.41, 5.74) is 2.81. The number of aryl methyl sites for hydroxylation is 1. The smallest absolute Gasteiger partial charge is 0.254 e. The van der Waals surface area contributed by atoms with Gasteiger partial charge in [-0.15, -0.1) is 0 Å². The first-order valence-electron chi connectivity index (χ1n) is 7.79. The van der Waals surface area contributed by atoms with Gasteiger partial charge in [-0.3, -0.25) is 4.79 Å². The molecule has 0 unspecified atom stereocenters. The number of benzene rings is 1. The molecule has 0 atom stereocenters. The van der Waals surface area contributed by atoms with Gasteiger partial charge >= 0.3 is 0 Å². The van der Waals surface area contributed by atoms with E-state index < -0.39 is 0 Å². The Hall–Kier alpha value is -2.14. The first-order chi connectivity index (χ1) is 10.8. The van der Waals surface area contributed by atoms with Crippen molar-refractivity contribution in [2.24, 2.45) is 7.05 Å². The fraction of sp³-hybridized carbons (Fsp3) is 0.444. The van der Waals surface area contributed by atoms with Crippen LogP contribution in [0.25, 0.3) is 0 Å². The molecule has 0 saturated heterocycles. The normalized spacial score (nSPS) is 11.5. The van der Waals surface area contributed by atoms with Crippen LogP contribution in [0.3, 0.4) is 0 Å². The predicted molar refractivity (Wildman–Crippen MR) is 90.2 cm³/mol. The molecule has 1 aromatic carbocycles. The van der Waals surface area contributed by atoms with Gasteiger partial charge in [0.05, 0.1) is 25.2 Å². The minimum Gasteiger partial charge on any atom is -0.395 e. The third-order valence-electron chi connectivity index (χ3n) is 3.92. The first-order valence-corrected chi connectivity index (χ1v) is 7.79. The molecule has 0 saturated carbocycles. The Balaban J connectivity index is 2.19. The number of imidazole rings is 1. The van der Waals surface area contributed by atoms with Crippen molar-refractivity contribution in [2.45, 2.75) is 32.7 Å². The van der Waals surface area contributed by atoms with Crippen molar-refractivity contribution in [3.05, 3.63) is 53.6 Å².